The van der Waals surface area contributed by atoms with E-state index in [1.807, 2.05) is 38.2 Å². The van der Waals surface area contributed by atoms with Gasteiger partial charge in [-0.25, -0.2) is 0 Å². The third-order valence-electron chi connectivity index (χ3n) is 3.32. The lowest BCUT2D eigenvalue weighted by atomic mass is 10.1. The van der Waals surface area contributed by atoms with Gasteiger partial charge in [-0.2, -0.15) is 0 Å². The van der Waals surface area contributed by atoms with Crippen molar-refractivity contribution in [1.29, 1.82) is 0 Å². The normalized spacial score (nSPS) is 13.1. The highest BCUT2D eigenvalue weighted by atomic mass is 16.5. The molecule has 19 heavy (non-hydrogen) atoms. The number of hydrogen-bond acceptors (Lipinski definition) is 3. The van der Waals surface area contributed by atoms with E-state index in [-0.39, 0.29) is 0 Å². The lowest BCUT2D eigenvalue weighted by Crippen LogP contribution is -1.92. The van der Waals surface area contributed by atoms with Crippen molar-refractivity contribution >= 4 is 22.7 Å². The highest BCUT2D eigenvalue weighted by Gasteiger charge is 2.07. The fourth-order valence-corrected chi connectivity index (χ4v) is 2.06. The van der Waals surface area contributed by atoms with Crippen LogP contribution in [-0.4, -0.2) is 22.6 Å². The van der Waals surface area contributed by atoms with E-state index < -0.39 is 0 Å². The van der Waals surface area contributed by atoms with Crippen LogP contribution in [0.2, 0.25) is 0 Å². The third kappa shape index (κ3) is 2.47. The molecule has 0 unspecified atom stereocenters. The molecule has 0 saturated carbocycles. The van der Waals surface area contributed by atoms with Crippen molar-refractivity contribution in [2.45, 2.75) is 13.8 Å². The summed E-state index contributed by atoms with van der Waals surface area (Å²) in [6.07, 6.45) is 4.06. The minimum atomic E-state index is 0.611. The molecule has 1 heterocycles. The van der Waals surface area contributed by atoms with Crippen LogP contribution in [0.25, 0.3) is 17.0 Å². The quantitative estimate of drug-likeness (QED) is 0.521. The van der Waals surface area contributed by atoms with Gasteiger partial charge in [-0.3, -0.25) is 0 Å². The number of ether oxygens (including phenoxy) is 1. The van der Waals surface area contributed by atoms with E-state index in [1.54, 1.807) is 14.0 Å². The van der Waals surface area contributed by atoms with Gasteiger partial charge in [0.15, 0.2) is 0 Å². The minimum Gasteiger partial charge on any atom is -0.497 e. The Morgan fingerprint density at radius 3 is 2.74 bits per heavy atom. The number of allylic oxidation sites excluding steroid dienone is 1. The van der Waals surface area contributed by atoms with Crippen LogP contribution >= 0.6 is 0 Å². The Balaban J connectivity index is 2.60. The minimum absolute atomic E-state index is 0.611. The molecule has 0 fully saturated rings. The van der Waals surface area contributed by atoms with Crippen LogP contribution in [0.3, 0.4) is 0 Å². The number of hydrogen-bond donors (Lipinski definition) is 1. The molecule has 2 rings (SSSR count). The standard InChI is InChI=1S/C15H18N2O2/c1-10(11(2)16-18)7-12-9-17(3)15-6-5-13(19-4)8-14(12)15/h5-9,18H,1-4H3/b10-7-,16-11+. The summed E-state index contributed by atoms with van der Waals surface area (Å²) in [4.78, 5) is 0. The van der Waals surface area contributed by atoms with Crippen LogP contribution in [0.5, 0.6) is 5.75 Å². The molecule has 0 radical (unpaired) electrons. The zero-order valence-electron chi connectivity index (χ0n) is 11.6. The number of methoxy groups -OCH3 is 1. The molecule has 2 aromatic rings. The Morgan fingerprint density at radius 1 is 1.37 bits per heavy atom. The summed E-state index contributed by atoms with van der Waals surface area (Å²) >= 11 is 0. The summed E-state index contributed by atoms with van der Waals surface area (Å²) in [7, 11) is 3.67. The Hall–Kier alpha value is -2.23. The molecule has 0 atom stereocenters. The van der Waals surface area contributed by atoms with E-state index in [0.29, 0.717) is 5.71 Å². The SMILES string of the molecule is COc1ccc2c(c1)c(/C=C(C)\C(C)=N\O)cn2C. The molecule has 4 heteroatoms. The van der Waals surface area contributed by atoms with E-state index in [2.05, 4.69) is 15.9 Å². The first-order chi connectivity index (χ1) is 9.06. The molecule has 0 bridgehead atoms. The number of rotatable bonds is 3. The summed E-state index contributed by atoms with van der Waals surface area (Å²) in [6.45, 7) is 3.70. The highest BCUT2D eigenvalue weighted by Crippen LogP contribution is 2.27. The molecule has 0 aliphatic rings. The summed E-state index contributed by atoms with van der Waals surface area (Å²) in [5.41, 5.74) is 3.76. The Labute approximate surface area is 112 Å². The summed E-state index contributed by atoms with van der Waals surface area (Å²) in [5, 5.41) is 13.1. The van der Waals surface area contributed by atoms with Crippen molar-refractivity contribution in [3.63, 3.8) is 0 Å². The maximum absolute atomic E-state index is 8.81. The Kier molecular flexibility index (Phi) is 3.60. The van der Waals surface area contributed by atoms with Crippen LogP contribution in [0.15, 0.2) is 35.1 Å². The molecular formula is C15H18N2O2. The molecule has 1 N–H and O–H groups in total. The average Bonchev–Trinajstić information content (AvgIpc) is 2.73. The maximum atomic E-state index is 8.81. The zero-order valence-corrected chi connectivity index (χ0v) is 11.6. The molecule has 0 aliphatic heterocycles. The van der Waals surface area contributed by atoms with Crippen molar-refractivity contribution in [3.8, 4) is 5.75 Å². The monoisotopic (exact) mass is 258 g/mol. The third-order valence-corrected chi connectivity index (χ3v) is 3.32. The molecule has 1 aromatic heterocycles. The second-order valence-corrected chi connectivity index (χ2v) is 4.59. The Bertz CT molecular complexity index is 666. The molecule has 0 saturated heterocycles. The largest absolute Gasteiger partial charge is 0.497 e. The first-order valence-corrected chi connectivity index (χ1v) is 6.07. The van der Waals surface area contributed by atoms with Crippen LogP contribution in [0, 0.1) is 0 Å². The molecule has 0 amide bonds. The van der Waals surface area contributed by atoms with Gasteiger partial charge in [0.1, 0.15) is 5.75 Å². The Morgan fingerprint density at radius 2 is 2.11 bits per heavy atom. The first kappa shape index (κ1) is 13.2. The van der Waals surface area contributed by atoms with Gasteiger partial charge >= 0.3 is 0 Å². The van der Waals surface area contributed by atoms with E-state index in [0.717, 1.165) is 27.8 Å². The van der Waals surface area contributed by atoms with Gasteiger partial charge in [0, 0.05) is 29.7 Å². The number of benzene rings is 1. The second-order valence-electron chi connectivity index (χ2n) is 4.59. The second kappa shape index (κ2) is 5.18. The van der Waals surface area contributed by atoms with Gasteiger partial charge < -0.3 is 14.5 Å². The van der Waals surface area contributed by atoms with Crippen LogP contribution in [0.1, 0.15) is 19.4 Å². The van der Waals surface area contributed by atoms with Crippen molar-refractivity contribution in [1.82, 2.24) is 4.57 Å². The summed E-state index contributed by atoms with van der Waals surface area (Å²) in [6, 6.07) is 6.00. The molecular weight excluding hydrogens is 240 g/mol. The van der Waals surface area contributed by atoms with Gasteiger partial charge in [-0.1, -0.05) is 5.16 Å². The fourth-order valence-electron chi connectivity index (χ4n) is 2.06. The fraction of sp³-hybridized carbons (Fsp3) is 0.267. The first-order valence-electron chi connectivity index (χ1n) is 6.07. The maximum Gasteiger partial charge on any atom is 0.119 e. The van der Waals surface area contributed by atoms with Gasteiger partial charge in [0.2, 0.25) is 0 Å². The van der Waals surface area contributed by atoms with Gasteiger partial charge in [0.05, 0.1) is 12.8 Å². The van der Waals surface area contributed by atoms with Crippen molar-refractivity contribution in [3.05, 3.63) is 35.5 Å². The van der Waals surface area contributed by atoms with Crippen molar-refractivity contribution in [2.24, 2.45) is 12.2 Å². The lowest BCUT2D eigenvalue weighted by molar-refractivity contribution is 0.319. The lowest BCUT2D eigenvalue weighted by Gasteiger charge is -2.01. The predicted octanol–water partition coefficient (Wildman–Crippen LogP) is 3.44. The van der Waals surface area contributed by atoms with E-state index in [9.17, 15) is 0 Å². The van der Waals surface area contributed by atoms with E-state index in [4.69, 9.17) is 9.94 Å². The molecule has 4 nitrogen and oxygen atoms in total. The molecule has 0 aliphatic carbocycles. The topological polar surface area (TPSA) is 46.8 Å². The van der Waals surface area contributed by atoms with Crippen LogP contribution in [-0.2, 0) is 7.05 Å². The van der Waals surface area contributed by atoms with Gasteiger partial charge in [-0.15, -0.1) is 0 Å². The molecule has 100 valence electrons. The zero-order chi connectivity index (χ0) is 14.0. The number of aromatic nitrogens is 1. The van der Waals surface area contributed by atoms with Gasteiger partial charge in [-0.05, 0) is 43.7 Å². The van der Waals surface area contributed by atoms with Crippen molar-refractivity contribution in [2.75, 3.05) is 7.11 Å². The van der Waals surface area contributed by atoms with Crippen LogP contribution in [0.4, 0.5) is 0 Å². The van der Waals surface area contributed by atoms with E-state index in [1.165, 1.54) is 0 Å². The summed E-state index contributed by atoms with van der Waals surface area (Å²) < 4.78 is 7.34. The van der Waals surface area contributed by atoms with E-state index >= 15 is 0 Å². The number of fused-ring (bicyclic) bond motifs is 1. The van der Waals surface area contributed by atoms with Crippen LogP contribution < -0.4 is 4.74 Å². The highest BCUT2D eigenvalue weighted by molar-refractivity contribution is 6.03. The molecule has 1 aromatic carbocycles. The number of aryl methyl sites for hydroxylation is 1. The number of oxime groups is 1. The smallest absolute Gasteiger partial charge is 0.119 e. The van der Waals surface area contributed by atoms with Gasteiger partial charge in [0.25, 0.3) is 0 Å². The van der Waals surface area contributed by atoms with Crippen molar-refractivity contribution < 1.29 is 9.94 Å². The number of nitrogens with zero attached hydrogens (tertiary/aromatic N) is 2. The molecule has 0 spiro atoms. The summed E-state index contributed by atoms with van der Waals surface area (Å²) in [5.74, 6) is 0.832. The average molecular weight is 258 g/mol. The predicted molar refractivity (Wildman–Crippen MR) is 78.0 cm³/mol.